The number of hydrogen-bond donors (Lipinski definition) is 1. The molecule has 0 fully saturated rings. The Labute approximate surface area is 113 Å². The van der Waals surface area contributed by atoms with Crippen molar-refractivity contribution in [3.05, 3.63) is 22.3 Å². The predicted octanol–water partition coefficient (Wildman–Crippen LogP) is 3.15. The summed E-state index contributed by atoms with van der Waals surface area (Å²) < 4.78 is 1.05. The Balaban J connectivity index is 2.75. The summed E-state index contributed by atoms with van der Waals surface area (Å²) in [4.78, 5) is 6.59. The minimum atomic E-state index is 0.415. The Kier molecular flexibility index (Phi) is 5.40. The largest absolute Gasteiger partial charge is 0.366 e. The Morgan fingerprint density at radius 2 is 2.06 bits per heavy atom. The quantitative estimate of drug-likeness (QED) is 0.905. The van der Waals surface area contributed by atoms with Gasteiger partial charge in [-0.25, -0.2) is 4.98 Å². The molecule has 0 bridgehead atoms. The molecule has 0 spiro atoms. The maximum atomic E-state index is 4.39. The van der Waals surface area contributed by atoms with Crippen LogP contribution in [0.4, 0.5) is 5.82 Å². The molecule has 1 N–H and O–H groups in total. The molecule has 0 aliphatic rings. The van der Waals surface area contributed by atoms with Gasteiger partial charge in [0.05, 0.1) is 0 Å². The molecule has 96 valence electrons. The lowest BCUT2D eigenvalue weighted by Gasteiger charge is -2.26. The van der Waals surface area contributed by atoms with E-state index in [1.807, 2.05) is 6.20 Å². The smallest absolute Gasteiger partial charge is 0.126 e. The van der Waals surface area contributed by atoms with Crippen LogP contribution >= 0.6 is 15.9 Å². The third-order valence-corrected chi connectivity index (χ3v) is 3.58. The van der Waals surface area contributed by atoms with E-state index < -0.39 is 0 Å². The molecule has 1 atom stereocenters. The summed E-state index contributed by atoms with van der Waals surface area (Å²) in [6.07, 6.45) is 1.85. The van der Waals surface area contributed by atoms with Crippen LogP contribution in [-0.4, -0.2) is 36.6 Å². The Morgan fingerprint density at radius 1 is 1.41 bits per heavy atom. The van der Waals surface area contributed by atoms with Gasteiger partial charge < -0.3 is 10.2 Å². The van der Waals surface area contributed by atoms with Crippen molar-refractivity contribution in [3.63, 3.8) is 0 Å². The molecule has 17 heavy (non-hydrogen) atoms. The van der Waals surface area contributed by atoms with Gasteiger partial charge in [-0.15, -0.1) is 0 Å². The van der Waals surface area contributed by atoms with Gasteiger partial charge in [0.25, 0.3) is 0 Å². The highest BCUT2D eigenvalue weighted by molar-refractivity contribution is 9.10. The fourth-order valence-electron chi connectivity index (χ4n) is 1.62. The van der Waals surface area contributed by atoms with Gasteiger partial charge in [0, 0.05) is 23.3 Å². The molecule has 0 aliphatic heterocycles. The monoisotopic (exact) mass is 299 g/mol. The van der Waals surface area contributed by atoms with E-state index in [0.717, 1.165) is 16.8 Å². The average Bonchev–Trinajstić information content (AvgIpc) is 2.21. The molecule has 1 aromatic heterocycles. The zero-order valence-electron chi connectivity index (χ0n) is 11.3. The predicted molar refractivity (Wildman–Crippen MR) is 77.5 cm³/mol. The zero-order valence-corrected chi connectivity index (χ0v) is 12.9. The van der Waals surface area contributed by atoms with Crippen molar-refractivity contribution in [2.75, 3.05) is 26.0 Å². The highest BCUT2D eigenvalue weighted by Crippen LogP contribution is 2.19. The first-order valence-electron chi connectivity index (χ1n) is 5.93. The van der Waals surface area contributed by atoms with E-state index >= 15 is 0 Å². The van der Waals surface area contributed by atoms with Crippen LogP contribution in [0.15, 0.2) is 16.7 Å². The lowest BCUT2D eigenvalue weighted by molar-refractivity contribution is 0.344. The van der Waals surface area contributed by atoms with E-state index in [-0.39, 0.29) is 0 Å². The van der Waals surface area contributed by atoms with Crippen molar-refractivity contribution in [3.8, 4) is 0 Å². The molecule has 0 saturated carbocycles. The van der Waals surface area contributed by atoms with E-state index in [2.05, 4.69) is 72.1 Å². The molecule has 0 saturated heterocycles. The minimum absolute atomic E-state index is 0.415. The normalized spacial score (nSPS) is 13.2. The summed E-state index contributed by atoms with van der Waals surface area (Å²) in [5.41, 5.74) is 1.20. The third-order valence-electron chi connectivity index (χ3n) is 2.75. The van der Waals surface area contributed by atoms with Crippen molar-refractivity contribution >= 4 is 21.7 Å². The van der Waals surface area contributed by atoms with Gasteiger partial charge in [0.15, 0.2) is 0 Å². The molecule has 0 aromatic carbocycles. The van der Waals surface area contributed by atoms with Gasteiger partial charge in [0.1, 0.15) is 5.82 Å². The summed E-state index contributed by atoms with van der Waals surface area (Å²) >= 11 is 3.47. The highest BCUT2D eigenvalue weighted by Gasteiger charge is 2.14. The second kappa shape index (κ2) is 6.36. The number of likely N-dealkylation sites (N-methyl/N-ethyl adjacent to an activating group) is 1. The maximum Gasteiger partial charge on any atom is 0.126 e. The van der Waals surface area contributed by atoms with Crippen molar-refractivity contribution in [2.45, 2.75) is 26.8 Å². The lowest BCUT2D eigenvalue weighted by Crippen LogP contribution is -2.36. The number of nitrogens with zero attached hydrogens (tertiary/aromatic N) is 2. The Bertz CT molecular complexity index is 364. The molecule has 0 aliphatic carbocycles. The van der Waals surface area contributed by atoms with Crippen LogP contribution in [0.3, 0.4) is 0 Å². The van der Waals surface area contributed by atoms with Gasteiger partial charge >= 0.3 is 0 Å². The summed E-state index contributed by atoms with van der Waals surface area (Å²) in [5.74, 6) is 1.52. The molecule has 1 unspecified atom stereocenters. The fraction of sp³-hybridized carbons (Fsp3) is 0.615. The summed E-state index contributed by atoms with van der Waals surface area (Å²) in [6, 6.07) is 2.49. The summed E-state index contributed by atoms with van der Waals surface area (Å²) in [5, 5.41) is 3.50. The number of pyridine rings is 1. The first kappa shape index (κ1) is 14.5. The molecular formula is C13H22BrN3. The number of anilines is 1. The topological polar surface area (TPSA) is 28.2 Å². The van der Waals surface area contributed by atoms with E-state index in [1.54, 1.807) is 0 Å². The number of hydrogen-bond acceptors (Lipinski definition) is 3. The van der Waals surface area contributed by atoms with Crippen LogP contribution in [-0.2, 0) is 0 Å². The standard InChI is InChI=1S/C13H22BrN3/c1-9(2)12(8-17(4)5)16-13-6-10(3)11(14)7-15-13/h6-7,9,12H,8H2,1-5H3,(H,15,16). The fourth-order valence-corrected chi connectivity index (χ4v) is 1.84. The third kappa shape index (κ3) is 4.64. The van der Waals surface area contributed by atoms with Crippen LogP contribution in [0, 0.1) is 12.8 Å². The van der Waals surface area contributed by atoms with Crippen LogP contribution in [0.25, 0.3) is 0 Å². The van der Waals surface area contributed by atoms with Gasteiger partial charge in [-0.05, 0) is 54.5 Å². The second-order valence-electron chi connectivity index (χ2n) is 5.08. The van der Waals surface area contributed by atoms with Crippen LogP contribution in [0.2, 0.25) is 0 Å². The van der Waals surface area contributed by atoms with E-state index in [9.17, 15) is 0 Å². The summed E-state index contributed by atoms with van der Waals surface area (Å²) in [6.45, 7) is 7.54. The molecule has 0 amide bonds. The maximum absolute atomic E-state index is 4.39. The van der Waals surface area contributed by atoms with Gasteiger partial charge in [-0.1, -0.05) is 13.8 Å². The number of nitrogens with one attached hydrogen (secondary N) is 1. The van der Waals surface area contributed by atoms with Crippen molar-refractivity contribution in [1.82, 2.24) is 9.88 Å². The number of rotatable bonds is 5. The Hall–Kier alpha value is -0.610. The highest BCUT2D eigenvalue weighted by atomic mass is 79.9. The second-order valence-corrected chi connectivity index (χ2v) is 5.93. The zero-order chi connectivity index (χ0) is 13.0. The molecule has 4 heteroatoms. The van der Waals surface area contributed by atoms with Crippen LogP contribution < -0.4 is 5.32 Å². The number of aryl methyl sites for hydroxylation is 1. The van der Waals surface area contributed by atoms with E-state index in [4.69, 9.17) is 0 Å². The van der Waals surface area contributed by atoms with E-state index in [1.165, 1.54) is 5.56 Å². The molecule has 0 radical (unpaired) electrons. The van der Waals surface area contributed by atoms with Gasteiger partial charge in [0.2, 0.25) is 0 Å². The SMILES string of the molecule is Cc1cc(NC(CN(C)C)C(C)C)ncc1Br. The average molecular weight is 300 g/mol. The number of aromatic nitrogens is 1. The lowest BCUT2D eigenvalue weighted by atomic mass is 10.0. The number of halogens is 1. The molecule has 1 aromatic rings. The van der Waals surface area contributed by atoms with Crippen LogP contribution in [0.5, 0.6) is 0 Å². The van der Waals surface area contributed by atoms with Gasteiger partial charge in [-0.3, -0.25) is 0 Å². The molecule has 3 nitrogen and oxygen atoms in total. The molecule has 1 heterocycles. The first-order chi connectivity index (χ1) is 7.90. The summed E-state index contributed by atoms with van der Waals surface area (Å²) in [7, 11) is 4.19. The van der Waals surface area contributed by atoms with Gasteiger partial charge in [-0.2, -0.15) is 0 Å². The first-order valence-corrected chi connectivity index (χ1v) is 6.73. The van der Waals surface area contributed by atoms with Crippen molar-refractivity contribution in [1.29, 1.82) is 0 Å². The van der Waals surface area contributed by atoms with Crippen molar-refractivity contribution in [2.24, 2.45) is 5.92 Å². The van der Waals surface area contributed by atoms with Crippen molar-refractivity contribution < 1.29 is 0 Å². The van der Waals surface area contributed by atoms with E-state index in [0.29, 0.717) is 12.0 Å². The molecule has 1 rings (SSSR count). The minimum Gasteiger partial charge on any atom is -0.366 e. The molecular weight excluding hydrogens is 278 g/mol. The van der Waals surface area contributed by atoms with Crippen LogP contribution in [0.1, 0.15) is 19.4 Å². The Morgan fingerprint density at radius 3 is 2.53 bits per heavy atom.